The Morgan fingerprint density at radius 2 is 1.24 bits per heavy atom. The molecule has 0 aromatic heterocycles. The Morgan fingerprint density at radius 3 is 1.80 bits per heavy atom. The fourth-order valence-corrected chi connectivity index (χ4v) is 5.93. The lowest BCUT2D eigenvalue weighted by molar-refractivity contribution is -0.137. The van der Waals surface area contributed by atoms with E-state index >= 15 is 0 Å². The largest absolute Gasteiger partial charge is 0.431 e. The maximum absolute atomic E-state index is 13.6. The number of ketones is 2. The minimum absolute atomic E-state index is 0.0133. The van der Waals surface area contributed by atoms with Crippen molar-refractivity contribution >= 4 is 52.7 Å². The number of thioether (sulfide) groups is 1. The van der Waals surface area contributed by atoms with Crippen LogP contribution in [-0.4, -0.2) is 23.3 Å². The van der Waals surface area contributed by atoms with Gasteiger partial charge in [0.15, 0.2) is 11.6 Å². The molecule has 4 rings (SSSR count). The predicted molar refractivity (Wildman–Crippen MR) is 167 cm³/mol. The molecule has 4 nitrogen and oxygen atoms in total. The van der Waals surface area contributed by atoms with E-state index in [1.165, 1.54) is 6.92 Å². The second-order valence-electron chi connectivity index (χ2n) is 9.08. The minimum Gasteiger partial charge on any atom is -0.431 e. The third kappa shape index (κ3) is 8.70. The van der Waals surface area contributed by atoms with Gasteiger partial charge in [-0.25, -0.2) is 0 Å². The average molecular weight is 601 g/mol. The van der Waals surface area contributed by atoms with E-state index in [9.17, 15) is 14.4 Å². The topological polar surface area (TPSA) is 60.4 Å². The van der Waals surface area contributed by atoms with E-state index in [0.29, 0.717) is 51.6 Å². The van der Waals surface area contributed by atoms with Crippen LogP contribution in [0.1, 0.15) is 53.0 Å². The molecular weight excluding hydrogens is 572 g/mol. The molecule has 0 aliphatic carbocycles. The second-order valence-corrected chi connectivity index (χ2v) is 11.8. The van der Waals surface area contributed by atoms with Gasteiger partial charge in [0.2, 0.25) is 0 Å². The molecule has 0 heterocycles. The minimum atomic E-state index is -0.444. The number of esters is 1. The van der Waals surface area contributed by atoms with E-state index in [1.54, 1.807) is 35.7 Å². The molecule has 0 unspecified atom stereocenters. The van der Waals surface area contributed by atoms with Crippen LogP contribution in [0.25, 0.3) is 0 Å². The number of halogens is 1. The van der Waals surface area contributed by atoms with Crippen molar-refractivity contribution < 1.29 is 19.1 Å². The van der Waals surface area contributed by atoms with Crippen molar-refractivity contribution in [3.63, 3.8) is 0 Å². The van der Waals surface area contributed by atoms with E-state index < -0.39 is 5.97 Å². The van der Waals surface area contributed by atoms with Crippen LogP contribution in [0.5, 0.6) is 0 Å². The number of Topliss-reactive ketones (excluding diaryl/α,β-unsaturated/α-hetero) is 1. The highest BCUT2D eigenvalue weighted by Gasteiger charge is 2.19. The third-order valence-corrected chi connectivity index (χ3v) is 8.42. The van der Waals surface area contributed by atoms with Gasteiger partial charge in [-0.05, 0) is 79.2 Å². The number of carbonyl (C=O) groups excluding carboxylic acids is 3. The van der Waals surface area contributed by atoms with Crippen LogP contribution in [0.15, 0.2) is 129 Å². The van der Waals surface area contributed by atoms with Crippen LogP contribution >= 0.6 is 35.1 Å². The molecule has 0 atom stereocenters. The lowest BCUT2D eigenvalue weighted by atomic mass is 9.99. The summed E-state index contributed by atoms with van der Waals surface area (Å²) in [5, 5.41) is 0.671. The molecule has 0 amide bonds. The lowest BCUT2D eigenvalue weighted by Gasteiger charge is -2.14. The number of benzene rings is 4. The van der Waals surface area contributed by atoms with Gasteiger partial charge in [0.1, 0.15) is 5.76 Å². The van der Waals surface area contributed by atoms with Gasteiger partial charge in [-0.15, -0.1) is 11.8 Å². The Hall–Kier alpha value is -3.58. The summed E-state index contributed by atoms with van der Waals surface area (Å²) >= 11 is 9.15. The summed E-state index contributed by atoms with van der Waals surface area (Å²) in [6.07, 6.45) is 0.885. The van der Waals surface area contributed by atoms with Gasteiger partial charge in [-0.1, -0.05) is 60.6 Å². The summed E-state index contributed by atoms with van der Waals surface area (Å²) in [5.41, 5.74) is 2.32. The molecule has 4 aromatic rings. The molecule has 0 aliphatic rings. The van der Waals surface area contributed by atoms with E-state index in [4.69, 9.17) is 16.3 Å². The first kappa shape index (κ1) is 30.4. The van der Waals surface area contributed by atoms with Crippen LogP contribution in [0, 0.1) is 0 Å². The van der Waals surface area contributed by atoms with Gasteiger partial charge in [0.05, 0.1) is 0 Å². The van der Waals surface area contributed by atoms with Gasteiger partial charge in [-0.2, -0.15) is 0 Å². The average Bonchev–Trinajstić information content (AvgIpc) is 3.00. The first-order chi connectivity index (χ1) is 19.8. The molecule has 0 aliphatic heterocycles. The van der Waals surface area contributed by atoms with Gasteiger partial charge in [0, 0.05) is 61.1 Å². The van der Waals surface area contributed by atoms with Crippen molar-refractivity contribution in [3.05, 3.63) is 136 Å². The molecule has 41 heavy (non-hydrogen) atoms. The molecule has 0 saturated carbocycles. The zero-order valence-electron chi connectivity index (χ0n) is 22.8. The van der Waals surface area contributed by atoms with Crippen molar-refractivity contribution in [1.29, 1.82) is 0 Å². The summed E-state index contributed by atoms with van der Waals surface area (Å²) in [7, 11) is 0. The summed E-state index contributed by atoms with van der Waals surface area (Å²) in [6.45, 7) is 3.21. The van der Waals surface area contributed by atoms with Gasteiger partial charge in [-0.3, -0.25) is 14.4 Å². The standard InChI is InChI=1S/C34H29ClO4S2/c1-3-32(39-23(2)36)31(21-22-40-28-19-13-27(35)14-20-28)34(38)26-11-17-30(18-12-26)41-29-15-9-25(10-16-29)33(37)24-7-5-4-6-8-24/h4-20H,3,21-22H2,1-2H3. The van der Waals surface area contributed by atoms with Crippen molar-refractivity contribution in [2.24, 2.45) is 0 Å². The second kappa shape index (κ2) is 14.9. The molecule has 7 heteroatoms. The van der Waals surface area contributed by atoms with Crippen LogP contribution < -0.4 is 0 Å². The Kier molecular flexibility index (Phi) is 11.0. The van der Waals surface area contributed by atoms with Gasteiger partial charge >= 0.3 is 5.97 Å². The molecule has 4 aromatic carbocycles. The molecule has 0 saturated heterocycles. The quantitative estimate of drug-likeness (QED) is 0.0531. The zero-order chi connectivity index (χ0) is 29.2. The molecule has 0 radical (unpaired) electrons. The Balaban J connectivity index is 1.45. The smallest absolute Gasteiger partial charge is 0.307 e. The van der Waals surface area contributed by atoms with E-state index in [1.807, 2.05) is 97.9 Å². The summed E-state index contributed by atoms with van der Waals surface area (Å²) in [6, 6.07) is 31.7. The van der Waals surface area contributed by atoms with Crippen LogP contribution in [0.4, 0.5) is 0 Å². The van der Waals surface area contributed by atoms with Crippen LogP contribution in [0.2, 0.25) is 5.02 Å². The Labute approximate surface area is 254 Å². The monoisotopic (exact) mass is 600 g/mol. The Bertz CT molecular complexity index is 1530. The summed E-state index contributed by atoms with van der Waals surface area (Å²) < 4.78 is 5.45. The third-order valence-electron chi connectivity index (χ3n) is 6.14. The fraction of sp³-hybridized carbons (Fsp3) is 0.147. The van der Waals surface area contributed by atoms with Crippen LogP contribution in [-0.2, 0) is 9.53 Å². The van der Waals surface area contributed by atoms with Crippen molar-refractivity contribution in [2.75, 3.05) is 5.75 Å². The summed E-state index contributed by atoms with van der Waals surface area (Å²) in [4.78, 5) is 41.0. The van der Waals surface area contributed by atoms with Crippen molar-refractivity contribution in [1.82, 2.24) is 0 Å². The summed E-state index contributed by atoms with van der Waals surface area (Å²) in [5.74, 6) is 0.439. The van der Waals surface area contributed by atoms with Crippen molar-refractivity contribution in [3.8, 4) is 0 Å². The number of rotatable bonds is 12. The first-order valence-corrected chi connectivity index (χ1v) is 15.3. The maximum Gasteiger partial charge on any atom is 0.307 e. The van der Waals surface area contributed by atoms with Gasteiger partial charge in [0.25, 0.3) is 0 Å². The van der Waals surface area contributed by atoms with Gasteiger partial charge < -0.3 is 4.74 Å². The molecule has 0 spiro atoms. The van der Waals surface area contributed by atoms with E-state index in [0.717, 1.165) is 14.7 Å². The molecule has 0 N–H and O–H groups in total. The number of allylic oxidation sites excluding steroid dienone is 2. The molecule has 0 bridgehead atoms. The molecule has 0 fully saturated rings. The number of hydrogen-bond donors (Lipinski definition) is 0. The van der Waals surface area contributed by atoms with E-state index in [2.05, 4.69) is 0 Å². The van der Waals surface area contributed by atoms with Crippen LogP contribution in [0.3, 0.4) is 0 Å². The number of hydrogen-bond acceptors (Lipinski definition) is 6. The predicted octanol–water partition coefficient (Wildman–Crippen LogP) is 9.31. The highest BCUT2D eigenvalue weighted by molar-refractivity contribution is 7.99. The normalized spacial score (nSPS) is 11.5. The van der Waals surface area contributed by atoms with Crippen molar-refractivity contribution in [2.45, 2.75) is 41.4 Å². The van der Waals surface area contributed by atoms with E-state index in [-0.39, 0.29) is 11.6 Å². The first-order valence-electron chi connectivity index (χ1n) is 13.1. The maximum atomic E-state index is 13.6. The SMILES string of the molecule is CCC(OC(C)=O)=C(CCSc1ccc(Cl)cc1)C(=O)c1ccc(Sc2ccc(C(=O)c3ccccc3)cc2)cc1. The fourth-order valence-electron chi connectivity index (χ4n) is 4.12. The molecule has 208 valence electrons. The zero-order valence-corrected chi connectivity index (χ0v) is 25.2. The Morgan fingerprint density at radius 1 is 0.707 bits per heavy atom. The molecular formula is C34H29ClO4S2. The number of ether oxygens (including phenoxy) is 1. The highest BCUT2D eigenvalue weighted by atomic mass is 35.5. The highest BCUT2D eigenvalue weighted by Crippen LogP contribution is 2.30. The lowest BCUT2D eigenvalue weighted by Crippen LogP contribution is -2.11. The number of carbonyl (C=O) groups is 3.